The predicted octanol–water partition coefficient (Wildman–Crippen LogP) is 3.75. The van der Waals surface area contributed by atoms with E-state index in [1.807, 2.05) is 54.1 Å². The van der Waals surface area contributed by atoms with Crippen molar-refractivity contribution in [2.24, 2.45) is 0 Å². The lowest BCUT2D eigenvalue weighted by Crippen LogP contribution is -2.20. The van der Waals surface area contributed by atoms with Gasteiger partial charge in [0.05, 0.1) is 26.5 Å². The highest BCUT2D eigenvalue weighted by Crippen LogP contribution is 2.36. The molecular formula is C21H22N4O3. The maximum Gasteiger partial charge on any atom is 0.226 e. The van der Waals surface area contributed by atoms with Gasteiger partial charge < -0.3 is 19.5 Å². The van der Waals surface area contributed by atoms with Crippen molar-refractivity contribution in [2.75, 3.05) is 26.1 Å². The molecule has 7 heteroatoms. The van der Waals surface area contributed by atoms with Crippen molar-refractivity contribution in [3.63, 3.8) is 0 Å². The van der Waals surface area contributed by atoms with Gasteiger partial charge in [0.2, 0.25) is 5.95 Å². The highest BCUT2D eigenvalue weighted by molar-refractivity contribution is 5.80. The Bertz CT molecular complexity index is 995. The minimum absolute atomic E-state index is 0.101. The summed E-state index contributed by atoms with van der Waals surface area (Å²) in [6.45, 7) is 2.61. The van der Waals surface area contributed by atoms with Crippen LogP contribution in [0.25, 0.3) is 5.70 Å². The van der Waals surface area contributed by atoms with Crippen LogP contribution in [0.4, 0.5) is 5.95 Å². The zero-order valence-corrected chi connectivity index (χ0v) is 16.0. The van der Waals surface area contributed by atoms with Crippen LogP contribution in [-0.2, 0) is 0 Å². The second-order valence-corrected chi connectivity index (χ2v) is 6.25. The third kappa shape index (κ3) is 3.26. The SMILES string of the molecule is CCOc1ccc(C2C=C(c3ccc(OC)cc3OC)Nc3ncnn32)cc1. The summed E-state index contributed by atoms with van der Waals surface area (Å²) in [5.74, 6) is 2.98. The largest absolute Gasteiger partial charge is 0.497 e. The maximum atomic E-state index is 5.57. The highest BCUT2D eigenvalue weighted by Gasteiger charge is 2.25. The molecule has 0 saturated carbocycles. The number of allylic oxidation sites excluding steroid dienone is 1. The molecule has 1 aromatic heterocycles. The summed E-state index contributed by atoms with van der Waals surface area (Å²) in [6.07, 6.45) is 3.66. The number of rotatable bonds is 6. The Morgan fingerprint density at radius 2 is 1.82 bits per heavy atom. The van der Waals surface area contributed by atoms with Crippen LogP contribution in [0.1, 0.15) is 24.1 Å². The molecule has 2 aromatic carbocycles. The van der Waals surface area contributed by atoms with E-state index >= 15 is 0 Å². The molecule has 0 radical (unpaired) electrons. The van der Waals surface area contributed by atoms with E-state index in [-0.39, 0.29) is 6.04 Å². The van der Waals surface area contributed by atoms with Crippen LogP contribution in [0.5, 0.6) is 17.2 Å². The highest BCUT2D eigenvalue weighted by atomic mass is 16.5. The van der Waals surface area contributed by atoms with Gasteiger partial charge >= 0.3 is 0 Å². The molecule has 0 spiro atoms. The van der Waals surface area contributed by atoms with Gasteiger partial charge in [0.25, 0.3) is 0 Å². The molecule has 1 atom stereocenters. The Hall–Kier alpha value is -3.48. The Labute approximate surface area is 163 Å². The van der Waals surface area contributed by atoms with Crippen molar-refractivity contribution >= 4 is 11.6 Å². The van der Waals surface area contributed by atoms with Gasteiger partial charge in [-0.05, 0) is 42.8 Å². The van der Waals surface area contributed by atoms with Crippen LogP contribution >= 0.6 is 0 Å². The van der Waals surface area contributed by atoms with Crippen LogP contribution in [0.2, 0.25) is 0 Å². The molecule has 1 aliphatic rings. The molecule has 1 N–H and O–H groups in total. The van der Waals surface area contributed by atoms with Crippen LogP contribution in [0.3, 0.4) is 0 Å². The van der Waals surface area contributed by atoms with Gasteiger partial charge in [-0.1, -0.05) is 12.1 Å². The van der Waals surface area contributed by atoms with E-state index in [2.05, 4.69) is 21.5 Å². The zero-order chi connectivity index (χ0) is 19.5. The molecule has 0 amide bonds. The molecule has 0 saturated heterocycles. The first kappa shape index (κ1) is 17.9. The first-order valence-corrected chi connectivity index (χ1v) is 9.07. The molecule has 0 fully saturated rings. The van der Waals surface area contributed by atoms with Crippen molar-refractivity contribution in [1.82, 2.24) is 14.8 Å². The molecule has 3 aromatic rings. The smallest absolute Gasteiger partial charge is 0.226 e. The van der Waals surface area contributed by atoms with Gasteiger partial charge in [-0.25, -0.2) is 4.68 Å². The first-order valence-electron chi connectivity index (χ1n) is 9.07. The maximum absolute atomic E-state index is 5.57. The van der Waals surface area contributed by atoms with Crippen LogP contribution in [0.15, 0.2) is 54.9 Å². The summed E-state index contributed by atoms with van der Waals surface area (Å²) in [7, 11) is 3.28. The standard InChI is InChI=1S/C21H22N4O3/c1-4-28-15-7-5-14(6-8-15)19-12-18(24-21-22-13-23-25(19)21)17-10-9-16(26-2)11-20(17)27-3/h5-13,19H,4H2,1-3H3,(H,22,23,24). The number of nitrogens with one attached hydrogen (secondary N) is 1. The summed E-state index contributed by atoms with van der Waals surface area (Å²) in [5.41, 5.74) is 2.91. The lowest BCUT2D eigenvalue weighted by molar-refractivity contribution is 0.340. The van der Waals surface area contributed by atoms with Crippen LogP contribution < -0.4 is 19.5 Å². The lowest BCUT2D eigenvalue weighted by atomic mass is 10.0. The van der Waals surface area contributed by atoms with E-state index in [9.17, 15) is 0 Å². The van der Waals surface area contributed by atoms with Gasteiger partial charge in [-0.3, -0.25) is 0 Å². The van der Waals surface area contributed by atoms with Gasteiger partial charge in [-0.2, -0.15) is 10.1 Å². The van der Waals surface area contributed by atoms with E-state index in [1.165, 1.54) is 0 Å². The van der Waals surface area contributed by atoms with Gasteiger partial charge in [0.15, 0.2) is 0 Å². The van der Waals surface area contributed by atoms with Gasteiger partial charge in [0, 0.05) is 11.6 Å². The van der Waals surface area contributed by atoms with E-state index < -0.39 is 0 Å². The second-order valence-electron chi connectivity index (χ2n) is 6.25. The monoisotopic (exact) mass is 378 g/mol. The fourth-order valence-electron chi connectivity index (χ4n) is 3.28. The predicted molar refractivity (Wildman–Crippen MR) is 107 cm³/mol. The minimum atomic E-state index is -0.101. The van der Waals surface area contributed by atoms with Crippen molar-refractivity contribution in [3.05, 3.63) is 66.0 Å². The molecule has 2 heterocycles. The zero-order valence-electron chi connectivity index (χ0n) is 16.0. The number of hydrogen-bond donors (Lipinski definition) is 1. The van der Waals surface area contributed by atoms with Crippen molar-refractivity contribution in [1.29, 1.82) is 0 Å². The van der Waals surface area contributed by atoms with Crippen molar-refractivity contribution < 1.29 is 14.2 Å². The number of ether oxygens (including phenoxy) is 3. The molecule has 4 rings (SSSR count). The van der Waals surface area contributed by atoms with E-state index in [1.54, 1.807) is 20.5 Å². The molecule has 1 unspecified atom stereocenters. The third-order valence-electron chi connectivity index (χ3n) is 4.64. The number of anilines is 1. The molecule has 0 bridgehead atoms. The fourth-order valence-corrected chi connectivity index (χ4v) is 3.28. The molecule has 0 aliphatic carbocycles. The molecule has 7 nitrogen and oxygen atoms in total. The quantitative estimate of drug-likeness (QED) is 0.704. The number of fused-ring (bicyclic) bond motifs is 1. The van der Waals surface area contributed by atoms with E-state index in [0.29, 0.717) is 12.6 Å². The summed E-state index contributed by atoms with van der Waals surface area (Å²) < 4.78 is 18.3. The van der Waals surface area contributed by atoms with Crippen molar-refractivity contribution in [2.45, 2.75) is 13.0 Å². The second kappa shape index (κ2) is 7.64. The van der Waals surface area contributed by atoms with Crippen LogP contribution in [-0.4, -0.2) is 35.6 Å². The minimum Gasteiger partial charge on any atom is -0.497 e. The lowest BCUT2D eigenvalue weighted by Gasteiger charge is -2.25. The number of aromatic nitrogens is 3. The normalized spacial score (nSPS) is 15.2. The first-order chi connectivity index (χ1) is 13.7. The molecule has 28 heavy (non-hydrogen) atoms. The number of benzene rings is 2. The summed E-state index contributed by atoms with van der Waals surface area (Å²) >= 11 is 0. The average Bonchev–Trinajstić information content (AvgIpc) is 3.22. The Balaban J connectivity index is 1.75. The number of nitrogens with zero attached hydrogens (tertiary/aromatic N) is 3. The van der Waals surface area contributed by atoms with Crippen molar-refractivity contribution in [3.8, 4) is 17.2 Å². The number of methoxy groups -OCH3 is 2. The molecule has 1 aliphatic heterocycles. The van der Waals surface area contributed by atoms with Gasteiger partial charge in [0.1, 0.15) is 29.6 Å². The summed E-state index contributed by atoms with van der Waals surface area (Å²) in [4.78, 5) is 4.35. The third-order valence-corrected chi connectivity index (χ3v) is 4.64. The average molecular weight is 378 g/mol. The fraction of sp³-hybridized carbons (Fsp3) is 0.238. The summed E-state index contributed by atoms with van der Waals surface area (Å²) in [6, 6.07) is 13.7. The molecular weight excluding hydrogens is 356 g/mol. The topological polar surface area (TPSA) is 70.4 Å². The van der Waals surface area contributed by atoms with E-state index in [0.717, 1.165) is 34.1 Å². The Morgan fingerprint density at radius 1 is 1.04 bits per heavy atom. The summed E-state index contributed by atoms with van der Waals surface area (Å²) in [5, 5.41) is 7.73. The Morgan fingerprint density at radius 3 is 2.54 bits per heavy atom. The number of hydrogen-bond acceptors (Lipinski definition) is 6. The Kier molecular flexibility index (Phi) is 4.89. The van der Waals surface area contributed by atoms with Gasteiger partial charge in [-0.15, -0.1) is 0 Å². The van der Waals surface area contributed by atoms with Crippen LogP contribution in [0, 0.1) is 0 Å². The molecule has 144 valence electrons. The van der Waals surface area contributed by atoms with E-state index in [4.69, 9.17) is 14.2 Å².